The highest BCUT2D eigenvalue weighted by Crippen LogP contribution is 2.00. The summed E-state index contributed by atoms with van der Waals surface area (Å²) in [5.41, 5.74) is 0. The third-order valence-corrected chi connectivity index (χ3v) is 0.968. The van der Waals surface area contributed by atoms with Crippen molar-refractivity contribution < 1.29 is 4.79 Å². The normalized spacial score (nSPS) is 9.40. The molecule has 2 N–H and O–H groups in total. The second kappa shape index (κ2) is 2.70. The van der Waals surface area contributed by atoms with Crippen LogP contribution in [0.25, 0.3) is 0 Å². The molecule has 0 spiro atoms. The predicted octanol–water partition coefficient (Wildman–Crippen LogP) is 0.0518. The fourth-order valence-corrected chi connectivity index (χ4v) is 0.626. The summed E-state index contributed by atoms with van der Waals surface area (Å²) < 4.78 is 0. The summed E-state index contributed by atoms with van der Waals surface area (Å²) in [6, 6.07) is 0. The van der Waals surface area contributed by atoms with Gasteiger partial charge in [-0.1, -0.05) is 0 Å². The molecule has 1 aromatic heterocycles. The summed E-state index contributed by atoms with van der Waals surface area (Å²) in [7, 11) is 0. The Morgan fingerprint density at radius 2 is 2.50 bits per heavy atom. The molecule has 54 valence electrons. The molecule has 5 nitrogen and oxygen atoms in total. The van der Waals surface area contributed by atoms with Gasteiger partial charge in [0.25, 0.3) is 0 Å². The zero-order chi connectivity index (χ0) is 7.56. The van der Waals surface area contributed by atoms with Crippen LogP contribution in [0.4, 0.5) is 5.95 Å². The molecule has 0 aromatic carbocycles. The first-order valence-corrected chi connectivity index (χ1v) is 3.02. The number of rotatable bonds is 1. The van der Waals surface area contributed by atoms with Gasteiger partial charge in [0.2, 0.25) is 17.0 Å². The van der Waals surface area contributed by atoms with Crippen molar-refractivity contribution in [2.24, 2.45) is 0 Å². The summed E-state index contributed by atoms with van der Waals surface area (Å²) >= 11 is 3.82. The second-order valence-electron chi connectivity index (χ2n) is 1.67. The van der Waals surface area contributed by atoms with E-state index in [1.54, 1.807) is 0 Å². The van der Waals surface area contributed by atoms with Crippen molar-refractivity contribution in [1.29, 1.82) is 0 Å². The minimum absolute atomic E-state index is 0.190. The van der Waals surface area contributed by atoms with E-state index in [2.05, 4.69) is 33.1 Å². The third kappa shape index (κ3) is 1.73. The third-order valence-electron chi connectivity index (χ3n) is 0.768. The number of hydrogen-bond acceptors (Lipinski definition) is 4. The first kappa shape index (κ1) is 7.07. The smallest absolute Gasteiger partial charge is 0.226 e. The van der Waals surface area contributed by atoms with E-state index in [9.17, 15) is 4.79 Å². The average Bonchev–Trinajstić information content (AvgIpc) is 2.13. The molecule has 0 unspecified atom stereocenters. The Morgan fingerprint density at radius 3 is 2.90 bits per heavy atom. The molecule has 0 bridgehead atoms. The van der Waals surface area contributed by atoms with E-state index in [4.69, 9.17) is 0 Å². The zero-order valence-corrected chi connectivity index (χ0v) is 6.14. The van der Waals surface area contributed by atoms with Gasteiger partial charge in [0.15, 0.2) is 0 Å². The van der Waals surface area contributed by atoms with E-state index in [0.717, 1.165) is 0 Å². The van der Waals surface area contributed by atoms with Crippen LogP contribution < -0.4 is 5.32 Å². The Bertz CT molecular complexity index is 245. The van der Waals surface area contributed by atoms with Gasteiger partial charge in [0, 0.05) is 6.92 Å². The van der Waals surface area contributed by atoms with Crippen LogP contribution in [0, 0.1) is 0 Å². The van der Waals surface area contributed by atoms with E-state index >= 15 is 0 Å². The summed E-state index contributed by atoms with van der Waals surface area (Å²) in [6.45, 7) is 1.39. The molecule has 0 aliphatic heterocycles. The predicted molar refractivity (Wildman–Crippen MR) is 37.9 cm³/mol. The van der Waals surface area contributed by atoms with Gasteiger partial charge in [-0.25, -0.2) is 5.10 Å². The number of carbonyl (C=O) groups is 1. The van der Waals surface area contributed by atoms with E-state index in [1.165, 1.54) is 6.92 Å². The minimum atomic E-state index is -0.190. The quantitative estimate of drug-likeness (QED) is 0.506. The van der Waals surface area contributed by atoms with Crippen LogP contribution in [-0.4, -0.2) is 21.1 Å². The first-order chi connectivity index (χ1) is 4.68. The summed E-state index contributed by atoms with van der Waals surface area (Å²) in [6.07, 6.45) is 0. The van der Waals surface area contributed by atoms with Gasteiger partial charge < -0.3 is 0 Å². The number of nitrogens with one attached hydrogen (secondary N) is 2. The number of amides is 1. The Labute approximate surface area is 62.6 Å². The maximum Gasteiger partial charge on any atom is 0.226 e. The van der Waals surface area contributed by atoms with Gasteiger partial charge >= 0.3 is 0 Å². The largest absolute Gasteiger partial charge is 0.295 e. The summed E-state index contributed by atoms with van der Waals surface area (Å²) in [4.78, 5) is 14.1. The van der Waals surface area contributed by atoms with Crippen molar-refractivity contribution in [3.05, 3.63) is 0 Å². The summed E-state index contributed by atoms with van der Waals surface area (Å²) in [5.74, 6) is 0.127. The number of H-pyrrole nitrogens is 1. The molecule has 1 amide bonds. The van der Waals surface area contributed by atoms with Gasteiger partial charge in [-0.15, -0.1) is 17.7 Å². The molecule has 0 saturated carbocycles. The highest BCUT2D eigenvalue weighted by atomic mass is 32.1. The lowest BCUT2D eigenvalue weighted by Crippen LogP contribution is -2.06. The van der Waals surface area contributed by atoms with Crippen molar-refractivity contribution >= 4 is 24.5 Å². The van der Waals surface area contributed by atoms with E-state index < -0.39 is 0 Å². The van der Waals surface area contributed by atoms with Crippen molar-refractivity contribution in [3.63, 3.8) is 0 Å². The van der Waals surface area contributed by atoms with Crippen LogP contribution in [0.15, 0.2) is 5.16 Å². The number of anilines is 1. The Hall–Kier alpha value is -1.04. The minimum Gasteiger partial charge on any atom is -0.295 e. The molecular formula is C4H6N4OS. The van der Waals surface area contributed by atoms with Crippen molar-refractivity contribution in [2.75, 3.05) is 5.32 Å². The highest BCUT2D eigenvalue weighted by molar-refractivity contribution is 7.80. The Kier molecular flexibility index (Phi) is 1.91. The van der Waals surface area contributed by atoms with Gasteiger partial charge in [-0.2, -0.15) is 4.98 Å². The number of hydrogen-bond donors (Lipinski definition) is 3. The van der Waals surface area contributed by atoms with Crippen LogP contribution >= 0.6 is 12.6 Å². The number of carbonyl (C=O) groups excluding carboxylic acids is 1. The fourth-order valence-electron chi connectivity index (χ4n) is 0.476. The van der Waals surface area contributed by atoms with Crippen LogP contribution in [0.5, 0.6) is 0 Å². The lowest BCUT2D eigenvalue weighted by molar-refractivity contribution is -0.114. The lowest BCUT2D eigenvalue weighted by atomic mass is 10.7. The molecule has 0 aliphatic rings. The van der Waals surface area contributed by atoms with Crippen molar-refractivity contribution in [1.82, 2.24) is 15.2 Å². The molecule has 0 aliphatic carbocycles. The topological polar surface area (TPSA) is 70.7 Å². The maximum absolute atomic E-state index is 10.4. The maximum atomic E-state index is 10.4. The Morgan fingerprint density at radius 1 is 1.80 bits per heavy atom. The molecule has 0 radical (unpaired) electrons. The van der Waals surface area contributed by atoms with E-state index in [1.807, 2.05) is 0 Å². The molecule has 1 heterocycles. The van der Waals surface area contributed by atoms with Gasteiger partial charge in [-0.05, 0) is 0 Å². The molecule has 10 heavy (non-hydrogen) atoms. The SMILES string of the molecule is CC(=O)Nc1nc(S)n[nH]1. The summed E-state index contributed by atoms with van der Waals surface area (Å²) in [5, 5.41) is 8.77. The van der Waals surface area contributed by atoms with E-state index in [0.29, 0.717) is 11.1 Å². The molecule has 1 rings (SSSR count). The second-order valence-corrected chi connectivity index (χ2v) is 2.07. The van der Waals surface area contributed by atoms with Crippen molar-refractivity contribution in [2.45, 2.75) is 12.1 Å². The zero-order valence-electron chi connectivity index (χ0n) is 5.25. The van der Waals surface area contributed by atoms with Gasteiger partial charge in [0.05, 0.1) is 0 Å². The fraction of sp³-hybridized carbons (Fsp3) is 0.250. The lowest BCUT2D eigenvalue weighted by Gasteiger charge is -1.90. The Balaban J connectivity index is 2.67. The van der Waals surface area contributed by atoms with Gasteiger partial charge in [-0.3, -0.25) is 10.1 Å². The molecule has 1 aromatic rings. The standard InChI is InChI=1S/C4H6N4OS/c1-2(9)5-3-6-4(10)8-7-3/h1H3,(H3,5,6,7,8,9,10). The van der Waals surface area contributed by atoms with Crippen LogP contribution in [0.1, 0.15) is 6.92 Å². The highest BCUT2D eigenvalue weighted by Gasteiger charge is 1.98. The van der Waals surface area contributed by atoms with Gasteiger partial charge in [0.1, 0.15) is 0 Å². The average molecular weight is 158 g/mol. The number of nitrogens with zero attached hydrogens (tertiary/aromatic N) is 2. The molecule has 0 fully saturated rings. The first-order valence-electron chi connectivity index (χ1n) is 2.57. The van der Waals surface area contributed by atoms with E-state index in [-0.39, 0.29) is 5.91 Å². The van der Waals surface area contributed by atoms with Crippen LogP contribution in [0.3, 0.4) is 0 Å². The van der Waals surface area contributed by atoms with Crippen LogP contribution in [0.2, 0.25) is 0 Å². The molecular weight excluding hydrogens is 152 g/mol. The molecule has 0 saturated heterocycles. The van der Waals surface area contributed by atoms with Crippen LogP contribution in [-0.2, 0) is 4.79 Å². The molecule has 0 atom stereocenters. The number of aromatic nitrogens is 3. The van der Waals surface area contributed by atoms with Crippen molar-refractivity contribution in [3.8, 4) is 0 Å². The monoisotopic (exact) mass is 158 g/mol. The molecule has 6 heteroatoms. The number of thiol groups is 1. The number of aromatic amines is 1.